The Kier molecular flexibility index (Phi) is 5.42. The largest absolute Gasteiger partial charge is 0.378 e. The summed E-state index contributed by atoms with van der Waals surface area (Å²) in [5.74, 6) is 0.268. The number of carbonyl (C=O) groups is 1. The minimum absolute atomic E-state index is 0.0825. The van der Waals surface area contributed by atoms with E-state index in [0.717, 1.165) is 56.1 Å². The highest BCUT2D eigenvalue weighted by Crippen LogP contribution is 2.42. The third-order valence-electron chi connectivity index (χ3n) is 5.97. The summed E-state index contributed by atoms with van der Waals surface area (Å²) in [5.41, 5.74) is 4.64. The quantitative estimate of drug-likeness (QED) is 0.616. The van der Waals surface area contributed by atoms with Gasteiger partial charge in [0.25, 0.3) is 5.91 Å². The predicted molar refractivity (Wildman–Crippen MR) is 119 cm³/mol. The normalized spacial score (nSPS) is 16.4. The summed E-state index contributed by atoms with van der Waals surface area (Å²) in [6.07, 6.45) is 2.15. The number of ether oxygens (including phenoxy) is 1. The van der Waals surface area contributed by atoms with Crippen LogP contribution in [0.2, 0.25) is 0 Å². The summed E-state index contributed by atoms with van der Waals surface area (Å²) < 4.78 is 7.33. The van der Waals surface area contributed by atoms with Crippen molar-refractivity contribution in [2.45, 2.75) is 25.3 Å². The average Bonchev–Trinajstić information content (AvgIpc) is 3.57. The Labute approximate surface area is 182 Å². The molecule has 0 radical (unpaired) electrons. The number of para-hydroxylation sites is 2. The first kappa shape index (κ1) is 19.8. The highest BCUT2D eigenvalue weighted by atomic mass is 16.5. The van der Waals surface area contributed by atoms with Gasteiger partial charge in [0.2, 0.25) is 0 Å². The van der Waals surface area contributed by atoms with E-state index in [1.807, 2.05) is 54.2 Å². The first-order chi connectivity index (χ1) is 15.2. The van der Waals surface area contributed by atoms with Crippen LogP contribution in [-0.4, -0.2) is 59.2 Å². The molecule has 0 spiro atoms. The third-order valence-corrected chi connectivity index (χ3v) is 5.97. The Morgan fingerprint density at radius 3 is 2.52 bits per heavy atom. The number of hydrogen-bond acceptors (Lipinski definition) is 5. The highest BCUT2D eigenvalue weighted by molar-refractivity contribution is 5.93. The Bertz CT molecular complexity index is 1050. The minimum atomic E-state index is -0.0825. The topological polar surface area (TPSA) is 63.5 Å². The Balaban J connectivity index is 1.40. The number of morpholine rings is 1. The van der Waals surface area contributed by atoms with E-state index in [9.17, 15) is 4.79 Å². The van der Waals surface area contributed by atoms with Gasteiger partial charge in [-0.05, 0) is 36.6 Å². The van der Waals surface area contributed by atoms with Crippen LogP contribution >= 0.6 is 0 Å². The van der Waals surface area contributed by atoms with Gasteiger partial charge >= 0.3 is 0 Å². The van der Waals surface area contributed by atoms with E-state index < -0.39 is 0 Å². The first-order valence-corrected chi connectivity index (χ1v) is 10.9. The molecular weight excluding hydrogens is 390 g/mol. The number of carbonyl (C=O) groups excluding carboxylic acids is 1. The molecule has 1 aromatic heterocycles. The van der Waals surface area contributed by atoms with Gasteiger partial charge in [0.05, 0.1) is 24.6 Å². The van der Waals surface area contributed by atoms with Gasteiger partial charge in [-0.1, -0.05) is 41.6 Å². The summed E-state index contributed by atoms with van der Waals surface area (Å²) in [4.78, 5) is 17.5. The highest BCUT2D eigenvalue weighted by Gasteiger charge is 2.35. The second-order valence-corrected chi connectivity index (χ2v) is 8.23. The molecule has 2 heterocycles. The van der Waals surface area contributed by atoms with E-state index in [1.165, 1.54) is 5.69 Å². The maximum absolute atomic E-state index is 13.4. The molecule has 2 fully saturated rings. The SMILES string of the molecule is CN(Cc1ccccc1N1CCOCC1)C(=O)c1nnn(-c2ccccc2)c1C1CC1. The lowest BCUT2D eigenvalue weighted by Gasteiger charge is -2.31. The first-order valence-electron chi connectivity index (χ1n) is 10.9. The maximum atomic E-state index is 13.4. The standard InChI is InChI=1S/C24H27N5O2/c1-27(17-19-7-5-6-10-21(19)28-13-15-31-16-14-28)24(30)22-23(18-11-12-18)29(26-25-22)20-8-3-2-4-9-20/h2-10,18H,11-17H2,1H3. The zero-order chi connectivity index (χ0) is 21.2. The number of rotatable bonds is 6. The molecule has 0 unspecified atom stereocenters. The molecule has 0 bridgehead atoms. The van der Waals surface area contributed by atoms with Crippen LogP contribution in [0.5, 0.6) is 0 Å². The Morgan fingerprint density at radius 1 is 1.06 bits per heavy atom. The fourth-order valence-corrected chi connectivity index (χ4v) is 4.19. The lowest BCUT2D eigenvalue weighted by atomic mass is 10.1. The van der Waals surface area contributed by atoms with Crippen molar-refractivity contribution in [1.82, 2.24) is 19.9 Å². The number of aromatic nitrogens is 3. The second kappa shape index (κ2) is 8.51. The molecule has 2 aromatic carbocycles. The van der Waals surface area contributed by atoms with Crippen LogP contribution < -0.4 is 4.90 Å². The molecule has 31 heavy (non-hydrogen) atoms. The zero-order valence-corrected chi connectivity index (χ0v) is 17.8. The monoisotopic (exact) mass is 417 g/mol. The number of anilines is 1. The number of amides is 1. The molecule has 1 saturated heterocycles. The van der Waals surface area contributed by atoms with Gasteiger partial charge in [-0.15, -0.1) is 5.10 Å². The molecule has 0 N–H and O–H groups in total. The molecule has 2 aliphatic rings. The van der Waals surface area contributed by atoms with E-state index in [0.29, 0.717) is 18.2 Å². The molecular formula is C24H27N5O2. The van der Waals surface area contributed by atoms with Gasteiger partial charge in [-0.25, -0.2) is 4.68 Å². The van der Waals surface area contributed by atoms with Crippen LogP contribution in [0.3, 0.4) is 0 Å². The lowest BCUT2D eigenvalue weighted by molar-refractivity contribution is 0.0777. The molecule has 0 atom stereocenters. The molecule has 1 amide bonds. The summed E-state index contributed by atoms with van der Waals surface area (Å²) in [6, 6.07) is 18.2. The zero-order valence-electron chi connectivity index (χ0n) is 17.8. The summed E-state index contributed by atoms with van der Waals surface area (Å²) in [6.45, 7) is 3.72. The van der Waals surface area contributed by atoms with E-state index in [4.69, 9.17) is 4.74 Å². The van der Waals surface area contributed by atoms with Crippen LogP contribution in [0.4, 0.5) is 5.69 Å². The molecule has 7 heteroatoms. The van der Waals surface area contributed by atoms with Crippen LogP contribution in [0, 0.1) is 0 Å². The van der Waals surface area contributed by atoms with Crippen LogP contribution in [0.1, 0.15) is 40.5 Å². The van der Waals surface area contributed by atoms with Gasteiger partial charge in [-0.3, -0.25) is 4.79 Å². The summed E-state index contributed by atoms with van der Waals surface area (Å²) in [5, 5.41) is 8.67. The summed E-state index contributed by atoms with van der Waals surface area (Å²) in [7, 11) is 1.84. The van der Waals surface area contributed by atoms with Crippen molar-refractivity contribution in [2.24, 2.45) is 0 Å². The number of benzene rings is 2. The van der Waals surface area contributed by atoms with E-state index in [-0.39, 0.29) is 5.91 Å². The van der Waals surface area contributed by atoms with Gasteiger partial charge < -0.3 is 14.5 Å². The minimum Gasteiger partial charge on any atom is -0.378 e. The van der Waals surface area contributed by atoms with Crippen LogP contribution in [0.15, 0.2) is 54.6 Å². The maximum Gasteiger partial charge on any atom is 0.276 e. The van der Waals surface area contributed by atoms with E-state index in [2.05, 4.69) is 27.3 Å². The average molecular weight is 418 g/mol. The van der Waals surface area contributed by atoms with Crippen LogP contribution in [0.25, 0.3) is 5.69 Å². The molecule has 5 rings (SSSR count). The van der Waals surface area contributed by atoms with Crippen molar-refractivity contribution in [3.8, 4) is 5.69 Å². The van der Waals surface area contributed by atoms with E-state index in [1.54, 1.807) is 4.90 Å². The van der Waals surface area contributed by atoms with Crippen LogP contribution in [-0.2, 0) is 11.3 Å². The summed E-state index contributed by atoms with van der Waals surface area (Å²) >= 11 is 0. The number of hydrogen-bond donors (Lipinski definition) is 0. The van der Waals surface area contributed by atoms with Crippen molar-refractivity contribution in [1.29, 1.82) is 0 Å². The number of nitrogens with zero attached hydrogens (tertiary/aromatic N) is 5. The molecule has 3 aromatic rings. The third kappa shape index (κ3) is 4.05. The van der Waals surface area contributed by atoms with Crippen molar-refractivity contribution in [2.75, 3.05) is 38.3 Å². The predicted octanol–water partition coefficient (Wildman–Crippen LogP) is 3.25. The Hall–Kier alpha value is -3.19. The van der Waals surface area contributed by atoms with Gasteiger partial charge in [-0.2, -0.15) is 0 Å². The van der Waals surface area contributed by atoms with Crippen molar-refractivity contribution in [3.63, 3.8) is 0 Å². The fraction of sp³-hybridized carbons (Fsp3) is 0.375. The fourth-order valence-electron chi connectivity index (χ4n) is 4.19. The van der Waals surface area contributed by atoms with E-state index >= 15 is 0 Å². The molecule has 160 valence electrons. The van der Waals surface area contributed by atoms with Crippen molar-refractivity contribution >= 4 is 11.6 Å². The Morgan fingerprint density at radius 2 is 1.77 bits per heavy atom. The van der Waals surface area contributed by atoms with Crippen molar-refractivity contribution < 1.29 is 9.53 Å². The van der Waals surface area contributed by atoms with Gasteiger partial charge in [0.15, 0.2) is 5.69 Å². The molecule has 7 nitrogen and oxygen atoms in total. The molecule has 1 saturated carbocycles. The second-order valence-electron chi connectivity index (χ2n) is 8.23. The molecule has 1 aliphatic heterocycles. The van der Waals surface area contributed by atoms with Gasteiger partial charge in [0, 0.05) is 38.3 Å². The lowest BCUT2D eigenvalue weighted by Crippen LogP contribution is -2.37. The molecule has 1 aliphatic carbocycles. The van der Waals surface area contributed by atoms with Crippen molar-refractivity contribution in [3.05, 3.63) is 71.5 Å². The smallest absolute Gasteiger partial charge is 0.276 e. The van der Waals surface area contributed by atoms with Gasteiger partial charge in [0.1, 0.15) is 0 Å².